The van der Waals surface area contributed by atoms with Crippen LogP contribution in [-0.2, 0) is 4.79 Å². The van der Waals surface area contributed by atoms with E-state index in [2.05, 4.69) is 15.1 Å². The Balaban J connectivity index is 2.65. The summed E-state index contributed by atoms with van der Waals surface area (Å²) in [6.07, 6.45) is 0. The van der Waals surface area contributed by atoms with Gasteiger partial charge in [-0.2, -0.15) is 0 Å². The lowest BCUT2D eigenvalue weighted by Gasteiger charge is -2.01. The summed E-state index contributed by atoms with van der Waals surface area (Å²) in [7, 11) is 0. The molecule has 0 aliphatic carbocycles. The monoisotopic (exact) mass is 205 g/mol. The maximum absolute atomic E-state index is 11.6. The number of carbonyl (C=O) groups is 1. The maximum atomic E-state index is 11.6. The Morgan fingerprint density at radius 3 is 2.87 bits per heavy atom. The van der Waals surface area contributed by atoms with Gasteiger partial charge in [0.2, 0.25) is 0 Å². The van der Waals surface area contributed by atoms with Gasteiger partial charge in [0, 0.05) is 6.92 Å². The van der Waals surface area contributed by atoms with Gasteiger partial charge in [0.1, 0.15) is 5.52 Å². The van der Waals surface area contributed by atoms with Crippen LogP contribution in [0.1, 0.15) is 6.92 Å². The highest BCUT2D eigenvalue weighted by atomic mass is 16.7. The quantitative estimate of drug-likeness (QED) is 0.601. The SMILES string of the molecule is CC(=O)On1nnc2ccccc2c1=O. The van der Waals surface area contributed by atoms with Crippen molar-refractivity contribution in [1.82, 2.24) is 15.2 Å². The Morgan fingerprint density at radius 2 is 2.13 bits per heavy atom. The Labute approximate surface area is 84.0 Å². The molecular formula is C9H7N3O3. The number of carbonyl (C=O) groups excluding carboxylic acids is 1. The third kappa shape index (κ3) is 1.69. The highest BCUT2D eigenvalue weighted by Crippen LogP contribution is 2.02. The zero-order valence-electron chi connectivity index (χ0n) is 7.88. The lowest BCUT2D eigenvalue weighted by atomic mass is 10.2. The molecule has 0 saturated heterocycles. The van der Waals surface area contributed by atoms with Gasteiger partial charge >= 0.3 is 11.5 Å². The minimum absolute atomic E-state index is 0.355. The summed E-state index contributed by atoms with van der Waals surface area (Å²) in [5.41, 5.74) is -0.0401. The molecule has 0 unspecified atom stereocenters. The Kier molecular flexibility index (Phi) is 2.17. The molecule has 2 rings (SSSR count). The molecule has 0 radical (unpaired) electrons. The van der Waals surface area contributed by atoms with E-state index < -0.39 is 11.5 Å². The molecule has 0 aliphatic heterocycles. The fraction of sp³-hybridized carbons (Fsp3) is 0.111. The Hall–Kier alpha value is -2.24. The van der Waals surface area contributed by atoms with Crippen LogP contribution in [-0.4, -0.2) is 21.1 Å². The molecule has 1 heterocycles. The van der Waals surface area contributed by atoms with E-state index in [0.717, 1.165) is 0 Å². The molecule has 15 heavy (non-hydrogen) atoms. The fourth-order valence-electron chi connectivity index (χ4n) is 1.16. The van der Waals surface area contributed by atoms with Crippen LogP contribution in [0.4, 0.5) is 0 Å². The average molecular weight is 205 g/mol. The second kappa shape index (κ2) is 3.49. The van der Waals surface area contributed by atoms with E-state index in [0.29, 0.717) is 15.7 Å². The van der Waals surface area contributed by atoms with Gasteiger partial charge < -0.3 is 4.84 Å². The standard InChI is InChI=1S/C9H7N3O3/c1-6(13)15-12-9(14)7-4-2-3-5-8(7)10-11-12/h2-5H,1H3. The minimum Gasteiger partial charge on any atom is -0.314 e. The van der Waals surface area contributed by atoms with Crippen LogP contribution < -0.4 is 10.4 Å². The van der Waals surface area contributed by atoms with E-state index in [-0.39, 0.29) is 0 Å². The Bertz CT molecular complexity index is 576. The molecule has 76 valence electrons. The van der Waals surface area contributed by atoms with Gasteiger partial charge in [0.05, 0.1) is 5.39 Å². The number of nitrogens with zero attached hydrogens (tertiary/aromatic N) is 3. The second-order valence-electron chi connectivity index (χ2n) is 2.87. The predicted octanol–water partition coefficient (Wildman–Crippen LogP) is -0.233. The van der Waals surface area contributed by atoms with Crippen LogP contribution in [0.15, 0.2) is 29.1 Å². The third-order valence-electron chi connectivity index (χ3n) is 1.76. The fourth-order valence-corrected chi connectivity index (χ4v) is 1.16. The van der Waals surface area contributed by atoms with Crippen molar-refractivity contribution in [2.75, 3.05) is 0 Å². The predicted molar refractivity (Wildman–Crippen MR) is 51.1 cm³/mol. The van der Waals surface area contributed by atoms with E-state index in [9.17, 15) is 9.59 Å². The molecular weight excluding hydrogens is 198 g/mol. The summed E-state index contributed by atoms with van der Waals surface area (Å²) >= 11 is 0. The summed E-state index contributed by atoms with van der Waals surface area (Å²) in [6, 6.07) is 6.68. The van der Waals surface area contributed by atoms with Crippen LogP contribution in [0.5, 0.6) is 0 Å². The maximum Gasteiger partial charge on any atom is 0.332 e. The number of benzene rings is 1. The van der Waals surface area contributed by atoms with Crippen molar-refractivity contribution in [3.63, 3.8) is 0 Å². The molecule has 0 fully saturated rings. The molecule has 6 nitrogen and oxygen atoms in total. The number of hydrogen-bond donors (Lipinski definition) is 0. The van der Waals surface area contributed by atoms with Gasteiger partial charge in [-0.25, -0.2) is 4.79 Å². The smallest absolute Gasteiger partial charge is 0.314 e. The molecule has 0 spiro atoms. The molecule has 0 aliphatic rings. The summed E-state index contributed by atoms with van der Waals surface area (Å²) < 4.78 is 0. The van der Waals surface area contributed by atoms with Crippen molar-refractivity contribution in [1.29, 1.82) is 0 Å². The molecule has 0 bridgehead atoms. The van der Waals surface area contributed by atoms with Crippen molar-refractivity contribution in [2.45, 2.75) is 6.92 Å². The van der Waals surface area contributed by atoms with Crippen molar-refractivity contribution in [2.24, 2.45) is 0 Å². The minimum atomic E-state index is -0.623. The van der Waals surface area contributed by atoms with Crippen LogP contribution in [0, 0.1) is 0 Å². The van der Waals surface area contributed by atoms with Crippen LogP contribution in [0.3, 0.4) is 0 Å². The first-order valence-electron chi connectivity index (χ1n) is 4.22. The van der Waals surface area contributed by atoms with Crippen LogP contribution in [0.2, 0.25) is 0 Å². The van der Waals surface area contributed by atoms with Crippen molar-refractivity contribution >= 4 is 16.9 Å². The van der Waals surface area contributed by atoms with Crippen molar-refractivity contribution < 1.29 is 9.63 Å². The number of aromatic nitrogens is 3. The third-order valence-corrected chi connectivity index (χ3v) is 1.76. The van der Waals surface area contributed by atoms with Gasteiger partial charge in [0.25, 0.3) is 0 Å². The lowest BCUT2D eigenvalue weighted by molar-refractivity contribution is -0.143. The molecule has 2 aromatic rings. The normalized spacial score (nSPS) is 10.2. The molecule has 1 aromatic heterocycles. The molecule has 6 heteroatoms. The number of rotatable bonds is 1. The summed E-state index contributed by atoms with van der Waals surface area (Å²) in [4.78, 5) is 27.4. The average Bonchev–Trinajstić information content (AvgIpc) is 2.22. The number of hydrogen-bond acceptors (Lipinski definition) is 5. The van der Waals surface area contributed by atoms with Crippen molar-refractivity contribution in [3.05, 3.63) is 34.6 Å². The van der Waals surface area contributed by atoms with E-state index in [1.807, 2.05) is 0 Å². The molecule has 0 saturated carbocycles. The van der Waals surface area contributed by atoms with E-state index in [1.165, 1.54) is 6.92 Å². The topological polar surface area (TPSA) is 74.1 Å². The number of fused-ring (bicyclic) bond motifs is 1. The van der Waals surface area contributed by atoms with E-state index in [1.54, 1.807) is 24.3 Å². The largest absolute Gasteiger partial charge is 0.332 e. The van der Waals surface area contributed by atoms with Crippen molar-refractivity contribution in [3.8, 4) is 0 Å². The van der Waals surface area contributed by atoms with Gasteiger partial charge in [-0.05, 0) is 22.2 Å². The second-order valence-corrected chi connectivity index (χ2v) is 2.87. The molecule has 0 N–H and O–H groups in total. The first-order valence-corrected chi connectivity index (χ1v) is 4.22. The molecule has 1 aromatic carbocycles. The zero-order valence-corrected chi connectivity index (χ0v) is 7.88. The summed E-state index contributed by atoms with van der Waals surface area (Å²) in [5, 5.41) is 7.54. The van der Waals surface area contributed by atoms with Gasteiger partial charge in [0.15, 0.2) is 0 Å². The molecule has 0 atom stereocenters. The van der Waals surface area contributed by atoms with Gasteiger partial charge in [-0.3, -0.25) is 4.79 Å². The highest BCUT2D eigenvalue weighted by Gasteiger charge is 2.06. The van der Waals surface area contributed by atoms with E-state index in [4.69, 9.17) is 0 Å². The lowest BCUT2D eigenvalue weighted by Crippen LogP contribution is -2.32. The summed E-state index contributed by atoms with van der Waals surface area (Å²) in [5.74, 6) is -0.623. The van der Waals surface area contributed by atoms with Crippen LogP contribution >= 0.6 is 0 Å². The first-order chi connectivity index (χ1) is 7.18. The first kappa shape index (κ1) is 9.32. The zero-order chi connectivity index (χ0) is 10.8. The van der Waals surface area contributed by atoms with Gasteiger partial charge in [-0.1, -0.05) is 12.1 Å². The highest BCUT2D eigenvalue weighted by molar-refractivity contribution is 5.76. The van der Waals surface area contributed by atoms with Crippen LogP contribution in [0.25, 0.3) is 10.9 Å². The van der Waals surface area contributed by atoms with Gasteiger partial charge in [-0.15, -0.1) is 5.10 Å². The molecule has 0 amide bonds. The summed E-state index contributed by atoms with van der Waals surface area (Å²) in [6.45, 7) is 1.18. The Morgan fingerprint density at radius 1 is 1.40 bits per heavy atom. The van der Waals surface area contributed by atoms with E-state index >= 15 is 0 Å².